The Labute approximate surface area is 199 Å². The van der Waals surface area contributed by atoms with Crippen LogP contribution in [0.5, 0.6) is 0 Å². The Morgan fingerprint density at radius 3 is 2.71 bits per heavy atom. The summed E-state index contributed by atoms with van der Waals surface area (Å²) < 4.78 is 44.0. The monoisotopic (exact) mass is 489 g/mol. The van der Waals surface area contributed by atoms with Gasteiger partial charge in [-0.15, -0.1) is 10.2 Å². The predicted octanol–water partition coefficient (Wildman–Crippen LogP) is 2.95. The third-order valence-corrected chi connectivity index (χ3v) is 6.17. The van der Waals surface area contributed by atoms with E-state index in [2.05, 4.69) is 20.5 Å². The number of aromatic nitrogens is 6. The Kier molecular flexibility index (Phi) is 6.64. The number of pyridine rings is 1. The smallest absolute Gasteiger partial charge is 0.343 e. The molecule has 1 aliphatic rings. The second-order valence-electron chi connectivity index (χ2n) is 8.66. The van der Waals surface area contributed by atoms with Crippen LogP contribution < -0.4 is 10.9 Å². The summed E-state index contributed by atoms with van der Waals surface area (Å²) in [5, 5.41) is 10.6. The summed E-state index contributed by atoms with van der Waals surface area (Å²) in [6.45, 7) is 5.30. The van der Waals surface area contributed by atoms with Crippen molar-refractivity contribution in [2.75, 3.05) is 0 Å². The molecule has 4 heterocycles. The molecule has 3 aromatic rings. The maximum absolute atomic E-state index is 13.3. The van der Waals surface area contributed by atoms with Crippen LogP contribution in [0.25, 0.3) is 5.69 Å². The van der Waals surface area contributed by atoms with E-state index in [0.717, 1.165) is 11.3 Å². The second-order valence-corrected chi connectivity index (χ2v) is 8.66. The molecule has 186 valence electrons. The van der Waals surface area contributed by atoms with E-state index in [0.29, 0.717) is 11.5 Å². The molecule has 1 N–H and O–H groups in total. The van der Waals surface area contributed by atoms with Crippen LogP contribution in [0.15, 0.2) is 41.1 Å². The van der Waals surface area contributed by atoms with E-state index in [-0.39, 0.29) is 49.6 Å². The van der Waals surface area contributed by atoms with Crippen molar-refractivity contribution in [1.82, 2.24) is 34.2 Å². The van der Waals surface area contributed by atoms with Crippen LogP contribution in [0.2, 0.25) is 0 Å². The first-order valence-corrected chi connectivity index (χ1v) is 11.2. The number of hydrogen-bond acceptors (Lipinski definition) is 5. The number of nitrogens with one attached hydrogen (secondary N) is 1. The van der Waals surface area contributed by atoms with Crippen molar-refractivity contribution in [3.63, 3.8) is 0 Å². The van der Waals surface area contributed by atoms with Crippen LogP contribution in [-0.2, 0) is 26.1 Å². The third kappa shape index (κ3) is 5.05. The lowest BCUT2D eigenvalue weighted by Gasteiger charge is -2.26. The molecule has 4 rings (SSSR count). The van der Waals surface area contributed by atoms with Gasteiger partial charge in [-0.25, -0.2) is 4.98 Å². The molecule has 0 radical (unpaired) electrons. The van der Waals surface area contributed by atoms with E-state index in [1.807, 2.05) is 19.9 Å². The first kappa shape index (κ1) is 24.4. The summed E-state index contributed by atoms with van der Waals surface area (Å²) in [5.41, 5.74) is 1.72. The number of rotatable bonds is 6. The molecule has 12 heteroatoms. The summed E-state index contributed by atoms with van der Waals surface area (Å²) in [6.07, 6.45) is 0.920. The van der Waals surface area contributed by atoms with Crippen LogP contribution in [0.4, 0.5) is 13.2 Å². The Bertz CT molecular complexity index is 1330. The summed E-state index contributed by atoms with van der Waals surface area (Å²) >= 11 is 0. The summed E-state index contributed by atoms with van der Waals surface area (Å²) in [5.74, 6) is -1.31. The Hall–Kier alpha value is -3.70. The van der Waals surface area contributed by atoms with Gasteiger partial charge in [0.1, 0.15) is 17.2 Å². The molecule has 0 saturated heterocycles. The lowest BCUT2D eigenvalue weighted by Crippen LogP contribution is -2.35. The average Bonchev–Trinajstić information content (AvgIpc) is 3.43. The molecule has 35 heavy (non-hydrogen) atoms. The van der Waals surface area contributed by atoms with Gasteiger partial charge in [-0.05, 0) is 39.3 Å². The number of halogens is 3. The van der Waals surface area contributed by atoms with Gasteiger partial charge in [-0.2, -0.15) is 13.2 Å². The number of allylic oxidation sites excluding steroid dienone is 2. The molecule has 1 aliphatic heterocycles. The highest BCUT2D eigenvalue weighted by molar-refractivity contribution is 5.92. The SMILES string of the molecule is C/C=C(/C)Cn1c(C(=O)NCc2nnc3n2CC(C(F)(F)F)CC3)ccc(-n2cnc(C)c2)c1=O. The number of carbonyl (C=O) groups excluding carboxylic acids is 1. The van der Waals surface area contributed by atoms with Crippen molar-refractivity contribution >= 4 is 5.91 Å². The second kappa shape index (κ2) is 9.51. The quantitative estimate of drug-likeness (QED) is 0.537. The molecule has 1 amide bonds. The summed E-state index contributed by atoms with van der Waals surface area (Å²) in [6, 6.07) is 3.09. The molecule has 9 nitrogen and oxygen atoms in total. The van der Waals surface area contributed by atoms with Gasteiger partial charge in [0.25, 0.3) is 11.5 Å². The van der Waals surface area contributed by atoms with Gasteiger partial charge in [-0.3, -0.25) is 14.2 Å². The van der Waals surface area contributed by atoms with Crippen molar-refractivity contribution < 1.29 is 18.0 Å². The molecule has 0 spiro atoms. The minimum atomic E-state index is -4.31. The molecule has 0 saturated carbocycles. The number of nitrogens with zero attached hydrogens (tertiary/aromatic N) is 6. The lowest BCUT2D eigenvalue weighted by atomic mass is 9.99. The minimum Gasteiger partial charge on any atom is -0.343 e. The fourth-order valence-electron chi connectivity index (χ4n) is 4.04. The topological polar surface area (TPSA) is 99.6 Å². The van der Waals surface area contributed by atoms with Crippen LogP contribution >= 0.6 is 0 Å². The molecule has 0 bridgehead atoms. The van der Waals surface area contributed by atoms with Crippen molar-refractivity contribution in [2.45, 2.75) is 59.4 Å². The standard InChI is InChI=1S/C23H26F3N7O2/c1-4-14(2)10-32-17(6-7-18(22(32)35)31-11-15(3)28-13-31)21(34)27-9-20-30-29-19-8-5-16(12-33(19)20)23(24,25)26/h4,6-7,11,13,16H,5,8-10,12H2,1-3H3,(H,27,34)/b14-4-. The molecule has 1 unspecified atom stereocenters. The number of carbonyl (C=O) groups is 1. The minimum absolute atomic E-state index is 0.0344. The van der Waals surface area contributed by atoms with Crippen molar-refractivity contribution in [3.05, 3.63) is 69.7 Å². The zero-order chi connectivity index (χ0) is 25.3. The zero-order valence-corrected chi connectivity index (χ0v) is 19.6. The predicted molar refractivity (Wildman–Crippen MR) is 121 cm³/mol. The van der Waals surface area contributed by atoms with Gasteiger partial charge in [-0.1, -0.05) is 11.6 Å². The summed E-state index contributed by atoms with van der Waals surface area (Å²) in [7, 11) is 0. The van der Waals surface area contributed by atoms with Crippen molar-refractivity contribution in [3.8, 4) is 5.69 Å². The first-order valence-electron chi connectivity index (χ1n) is 11.2. The van der Waals surface area contributed by atoms with Crippen LogP contribution in [0, 0.1) is 12.8 Å². The van der Waals surface area contributed by atoms with Gasteiger partial charge >= 0.3 is 6.18 Å². The number of amides is 1. The maximum atomic E-state index is 13.3. The molecule has 3 aromatic heterocycles. The lowest BCUT2D eigenvalue weighted by molar-refractivity contribution is -0.182. The number of hydrogen-bond donors (Lipinski definition) is 1. The van der Waals surface area contributed by atoms with Crippen LogP contribution in [0.1, 0.15) is 48.1 Å². The van der Waals surface area contributed by atoms with Crippen LogP contribution in [0.3, 0.4) is 0 Å². The largest absolute Gasteiger partial charge is 0.393 e. The number of imidazole rings is 1. The highest BCUT2D eigenvalue weighted by Crippen LogP contribution is 2.34. The van der Waals surface area contributed by atoms with Gasteiger partial charge < -0.3 is 14.5 Å². The normalized spacial score (nSPS) is 16.3. The van der Waals surface area contributed by atoms with Crippen LogP contribution in [-0.4, -0.2) is 41.0 Å². The van der Waals surface area contributed by atoms with Gasteiger partial charge in [0.05, 0.1) is 24.5 Å². The van der Waals surface area contributed by atoms with Gasteiger partial charge in [0.2, 0.25) is 0 Å². The molecule has 0 aliphatic carbocycles. The van der Waals surface area contributed by atoms with Gasteiger partial charge in [0.15, 0.2) is 5.82 Å². The third-order valence-electron chi connectivity index (χ3n) is 6.17. The van der Waals surface area contributed by atoms with E-state index in [9.17, 15) is 22.8 Å². The Morgan fingerprint density at radius 1 is 1.29 bits per heavy atom. The maximum Gasteiger partial charge on any atom is 0.393 e. The Balaban J connectivity index is 1.59. The molecular formula is C23H26F3N7O2. The average molecular weight is 490 g/mol. The number of alkyl halides is 3. The molecule has 0 fully saturated rings. The van der Waals surface area contributed by atoms with Crippen molar-refractivity contribution in [1.29, 1.82) is 0 Å². The van der Waals surface area contributed by atoms with E-state index in [4.69, 9.17) is 0 Å². The molecular weight excluding hydrogens is 463 g/mol. The van der Waals surface area contributed by atoms with E-state index >= 15 is 0 Å². The number of fused-ring (bicyclic) bond motifs is 1. The molecule has 1 atom stereocenters. The van der Waals surface area contributed by atoms with E-state index in [1.54, 1.807) is 29.8 Å². The highest BCUT2D eigenvalue weighted by atomic mass is 19.4. The highest BCUT2D eigenvalue weighted by Gasteiger charge is 2.42. The van der Waals surface area contributed by atoms with Crippen molar-refractivity contribution in [2.24, 2.45) is 5.92 Å². The van der Waals surface area contributed by atoms with Gasteiger partial charge in [0, 0.05) is 25.7 Å². The zero-order valence-electron chi connectivity index (χ0n) is 19.6. The van der Waals surface area contributed by atoms with E-state index < -0.39 is 18.0 Å². The van der Waals surface area contributed by atoms with E-state index in [1.165, 1.54) is 15.5 Å². The fraction of sp³-hybridized carbons (Fsp3) is 0.435. The summed E-state index contributed by atoms with van der Waals surface area (Å²) in [4.78, 5) is 30.5. The fourth-order valence-corrected chi connectivity index (χ4v) is 4.04. The number of aryl methyl sites for hydroxylation is 2. The molecule has 0 aromatic carbocycles. The Morgan fingerprint density at radius 2 is 2.06 bits per heavy atom. The first-order chi connectivity index (χ1) is 16.6.